The number of carboxylic acids is 2. The molecule has 268 valence electrons. The molecule has 1 aromatic carbocycles. The van der Waals surface area contributed by atoms with Crippen molar-refractivity contribution in [3.8, 4) is 11.5 Å². The second-order valence-electron chi connectivity index (χ2n) is 12.8. The number of carbonyl (C=O) groups is 5. The number of nitrogens with one attached hydrogen (secondary N) is 1. The Balaban J connectivity index is 1.31. The largest absolute Gasteiger partial charge is 0.504 e. The number of oxime groups is 1. The average molecular weight is 733 g/mol. The maximum atomic E-state index is 13.5. The number of carbonyl (C=O) groups excluding carboxylic acids is 3. The van der Waals surface area contributed by atoms with Gasteiger partial charge in [0.05, 0.1) is 26.2 Å². The van der Waals surface area contributed by atoms with Crippen LogP contribution in [0.2, 0.25) is 0 Å². The van der Waals surface area contributed by atoms with Gasteiger partial charge in [-0.15, -0.1) is 23.1 Å². The summed E-state index contributed by atoms with van der Waals surface area (Å²) in [6, 6.07) is 2.76. The van der Waals surface area contributed by atoms with Crippen LogP contribution in [0.15, 0.2) is 40.0 Å². The number of nitrogens with two attached hydrogens (primary N) is 1. The van der Waals surface area contributed by atoms with E-state index in [2.05, 4.69) is 15.5 Å². The van der Waals surface area contributed by atoms with Gasteiger partial charge in [0.2, 0.25) is 5.60 Å². The first-order valence-corrected chi connectivity index (χ1v) is 17.5. The zero-order valence-corrected chi connectivity index (χ0v) is 29.1. The van der Waals surface area contributed by atoms with Crippen LogP contribution in [-0.4, -0.2) is 138 Å². The normalized spacial score (nSPS) is 20.2. The lowest BCUT2D eigenvalue weighted by Crippen LogP contribution is -2.71. The van der Waals surface area contributed by atoms with Crippen molar-refractivity contribution in [2.45, 2.75) is 43.7 Å². The zero-order valence-electron chi connectivity index (χ0n) is 27.5. The van der Waals surface area contributed by atoms with Gasteiger partial charge in [-0.3, -0.25) is 19.3 Å². The minimum atomic E-state index is -1.79. The number of likely N-dealkylation sites (N-methyl/N-ethyl adjacent to an activating group) is 1. The fourth-order valence-corrected chi connectivity index (χ4v) is 7.91. The summed E-state index contributed by atoms with van der Waals surface area (Å²) in [5, 5.41) is 46.3. The maximum absolute atomic E-state index is 13.5. The second-order valence-corrected chi connectivity index (χ2v) is 14.8. The van der Waals surface area contributed by atoms with E-state index in [9.17, 15) is 44.4 Å². The topological polar surface area (TPSA) is 245 Å². The quantitative estimate of drug-likeness (QED) is 0.0551. The number of aliphatic carboxylic acids is 2. The van der Waals surface area contributed by atoms with Crippen molar-refractivity contribution in [1.29, 1.82) is 0 Å². The minimum absolute atomic E-state index is 0.00714. The predicted molar refractivity (Wildman–Crippen MR) is 181 cm³/mol. The lowest BCUT2D eigenvalue weighted by Gasteiger charge is -2.50. The van der Waals surface area contributed by atoms with Gasteiger partial charge < -0.3 is 45.7 Å². The van der Waals surface area contributed by atoms with Crippen molar-refractivity contribution in [3.05, 3.63) is 46.1 Å². The molecule has 2 atom stereocenters. The van der Waals surface area contributed by atoms with E-state index in [0.29, 0.717) is 29.7 Å². The Kier molecular flexibility index (Phi) is 10.3. The van der Waals surface area contributed by atoms with Gasteiger partial charge in [-0.25, -0.2) is 14.6 Å². The number of quaternary nitrogens is 1. The number of aromatic hydroxyl groups is 2. The average Bonchev–Trinajstić information content (AvgIpc) is 3.72. The number of likely N-dealkylation sites (tertiary alicyclic amines) is 1. The molecule has 19 heteroatoms. The Morgan fingerprint density at radius 1 is 1.18 bits per heavy atom. The Morgan fingerprint density at radius 2 is 1.88 bits per heavy atom. The SMILES string of the molecule is CN(CC[N+]1(CC2=C(C(=O)O)N3C(=O)[C@@H](NC(=O)/C(=N\OC(C)(C)C(=O)O)c4csc(N)n4)[C@H]3SC2)CCCC1)C(=O)c1ccc(O)c(O)c1. The summed E-state index contributed by atoms with van der Waals surface area (Å²) < 4.78 is 0.515. The molecule has 0 aliphatic carbocycles. The molecule has 1 aromatic heterocycles. The third-order valence-corrected chi connectivity index (χ3v) is 10.9. The van der Waals surface area contributed by atoms with E-state index >= 15 is 0 Å². The summed E-state index contributed by atoms with van der Waals surface area (Å²) in [7, 11) is 1.63. The van der Waals surface area contributed by atoms with Crippen molar-refractivity contribution < 1.29 is 53.7 Å². The number of nitrogen functional groups attached to an aromatic ring is 1. The number of amides is 3. The van der Waals surface area contributed by atoms with Crippen molar-refractivity contribution in [1.82, 2.24) is 20.1 Å². The Hall–Kier alpha value is -4.88. The molecule has 2 saturated heterocycles. The van der Waals surface area contributed by atoms with E-state index in [1.54, 1.807) is 7.05 Å². The highest BCUT2D eigenvalue weighted by molar-refractivity contribution is 8.00. The van der Waals surface area contributed by atoms with Gasteiger partial charge in [0.1, 0.15) is 29.4 Å². The first-order chi connectivity index (χ1) is 23.5. The molecule has 0 bridgehead atoms. The van der Waals surface area contributed by atoms with Crippen molar-refractivity contribution >= 4 is 63.6 Å². The van der Waals surface area contributed by atoms with E-state index in [1.165, 1.54) is 59.0 Å². The second kappa shape index (κ2) is 14.2. The molecular formula is C31H38N7O10S2+. The minimum Gasteiger partial charge on any atom is -0.504 e. The molecule has 7 N–H and O–H groups in total. The molecule has 3 amide bonds. The van der Waals surface area contributed by atoms with Crippen LogP contribution >= 0.6 is 23.1 Å². The summed E-state index contributed by atoms with van der Waals surface area (Å²) in [5.74, 6) is -4.92. The van der Waals surface area contributed by atoms with Crippen molar-refractivity contribution in [2.24, 2.45) is 5.16 Å². The van der Waals surface area contributed by atoms with Crippen molar-refractivity contribution in [2.75, 3.05) is 51.3 Å². The molecule has 0 spiro atoms. The lowest BCUT2D eigenvalue weighted by molar-refractivity contribution is -0.911. The molecule has 17 nitrogen and oxygen atoms in total. The summed E-state index contributed by atoms with van der Waals surface area (Å²) in [6.07, 6.45) is 1.82. The van der Waals surface area contributed by atoms with E-state index in [4.69, 9.17) is 10.6 Å². The van der Waals surface area contributed by atoms with Crippen LogP contribution in [0.25, 0.3) is 0 Å². The molecule has 2 fully saturated rings. The number of thiazole rings is 1. The molecule has 5 rings (SSSR count). The van der Waals surface area contributed by atoms with Crippen LogP contribution in [0.1, 0.15) is 42.7 Å². The molecule has 50 heavy (non-hydrogen) atoms. The van der Waals surface area contributed by atoms with Gasteiger partial charge in [-0.1, -0.05) is 5.16 Å². The van der Waals surface area contributed by atoms with Crippen LogP contribution in [0.5, 0.6) is 11.5 Å². The van der Waals surface area contributed by atoms with Gasteiger partial charge in [-0.05, 0) is 32.0 Å². The number of hydrogen-bond acceptors (Lipinski definition) is 13. The van der Waals surface area contributed by atoms with Crippen molar-refractivity contribution in [3.63, 3.8) is 0 Å². The van der Waals surface area contributed by atoms with Crippen LogP contribution in [0.4, 0.5) is 5.13 Å². The molecule has 0 unspecified atom stereocenters. The highest BCUT2D eigenvalue weighted by atomic mass is 32.2. The molecule has 2 aromatic rings. The van der Waals surface area contributed by atoms with Gasteiger partial charge in [0, 0.05) is 42.2 Å². The third-order valence-electron chi connectivity index (χ3n) is 8.92. The molecule has 4 heterocycles. The molecule has 0 saturated carbocycles. The van der Waals surface area contributed by atoms with Gasteiger partial charge in [-0.2, -0.15) is 0 Å². The fourth-order valence-electron chi connectivity index (χ4n) is 6.03. The summed E-state index contributed by atoms with van der Waals surface area (Å²) in [5.41, 5.74) is 4.19. The number of nitrogens with zero attached hydrogens (tertiary/aromatic N) is 5. The molecular weight excluding hydrogens is 695 g/mol. The van der Waals surface area contributed by atoms with Gasteiger partial charge >= 0.3 is 11.9 Å². The number of aromatic nitrogens is 1. The highest BCUT2D eigenvalue weighted by Gasteiger charge is 2.55. The number of hydrogen-bond donors (Lipinski definition) is 6. The van der Waals surface area contributed by atoms with Crippen LogP contribution < -0.4 is 11.1 Å². The summed E-state index contributed by atoms with van der Waals surface area (Å²) >= 11 is 2.32. The number of phenols is 2. The lowest BCUT2D eigenvalue weighted by atomic mass is 10.0. The highest BCUT2D eigenvalue weighted by Crippen LogP contribution is 2.41. The van der Waals surface area contributed by atoms with E-state index in [0.717, 1.165) is 37.3 Å². The first-order valence-electron chi connectivity index (χ1n) is 15.6. The van der Waals surface area contributed by atoms with Crippen LogP contribution in [0.3, 0.4) is 0 Å². The first kappa shape index (κ1) is 36.4. The van der Waals surface area contributed by atoms with Crippen LogP contribution in [-0.2, 0) is 24.0 Å². The van der Waals surface area contributed by atoms with E-state index < -0.39 is 52.2 Å². The number of anilines is 1. The summed E-state index contributed by atoms with van der Waals surface area (Å²) in [6.45, 7) is 5.19. The third kappa shape index (κ3) is 7.34. The number of benzene rings is 1. The Labute approximate surface area is 294 Å². The smallest absolute Gasteiger partial charge is 0.352 e. The van der Waals surface area contributed by atoms with E-state index in [-0.39, 0.29) is 39.5 Å². The fraction of sp³-hybridized carbons (Fsp3) is 0.452. The monoisotopic (exact) mass is 732 g/mol. The molecule has 3 aliphatic heterocycles. The number of carboxylic acid groups (broad SMARTS) is 2. The maximum Gasteiger partial charge on any atom is 0.352 e. The number of phenolic OH excluding ortho intramolecular Hbond substituents is 2. The van der Waals surface area contributed by atoms with Crippen LogP contribution in [0, 0.1) is 0 Å². The predicted octanol–water partition coefficient (Wildman–Crippen LogP) is 0.842. The Bertz CT molecular complexity index is 1790. The molecule has 0 radical (unpaired) electrons. The molecule has 3 aliphatic rings. The zero-order chi connectivity index (χ0) is 36.5. The summed E-state index contributed by atoms with van der Waals surface area (Å²) in [4.78, 5) is 76.0. The number of rotatable bonds is 13. The number of thioether (sulfide) groups is 1. The van der Waals surface area contributed by atoms with Gasteiger partial charge in [0.15, 0.2) is 22.3 Å². The number of β-lactam (4-membered cyclic amide) rings is 1. The van der Waals surface area contributed by atoms with E-state index in [1.807, 2.05) is 0 Å². The standard InChI is InChI=1S/C31H37N7O10S2/c1-31(2,29(46)47)48-35-21(18-15-50-30(32)33-18)24(41)34-22-26(43)37-23(28(44)45)17(14-49-27(22)37)13-38(9-4-5-10-38)11-8-36(3)25(42)16-6-7-19(39)20(40)12-16/h6-7,12,15,22,27H,4-5,8-11,13-14H2,1-3H3,(H6-,32,33,34,35,39,40,41,42,44,45,46,47)/p+1/t22-,27-/m1/s1. The number of fused-ring (bicyclic) bond motifs is 1. The Morgan fingerprint density at radius 3 is 2.48 bits per heavy atom. The van der Waals surface area contributed by atoms with Gasteiger partial charge in [0.25, 0.3) is 17.7 Å².